The van der Waals surface area contributed by atoms with Crippen molar-refractivity contribution < 1.29 is 4.79 Å². The van der Waals surface area contributed by atoms with Crippen LogP contribution in [0, 0.1) is 0 Å². The zero-order chi connectivity index (χ0) is 12.8. The van der Waals surface area contributed by atoms with E-state index in [0.29, 0.717) is 13.0 Å². The summed E-state index contributed by atoms with van der Waals surface area (Å²) in [5, 5.41) is 2.95. The summed E-state index contributed by atoms with van der Waals surface area (Å²) in [6.07, 6.45) is 4.13. The van der Waals surface area contributed by atoms with Crippen molar-refractivity contribution in [2.24, 2.45) is 5.73 Å². The van der Waals surface area contributed by atoms with Crippen molar-refractivity contribution in [3.63, 3.8) is 0 Å². The van der Waals surface area contributed by atoms with Crippen LogP contribution < -0.4 is 16.0 Å². The Morgan fingerprint density at radius 3 is 2.45 bits per heavy atom. The van der Waals surface area contributed by atoms with E-state index >= 15 is 0 Å². The smallest absolute Gasteiger partial charge is 0.225 e. The first-order valence-electron chi connectivity index (χ1n) is 6.65. The Kier molecular flexibility index (Phi) is 9.38. The van der Waals surface area contributed by atoms with Crippen molar-refractivity contribution in [1.82, 2.24) is 0 Å². The van der Waals surface area contributed by atoms with Crippen molar-refractivity contribution in [2.75, 3.05) is 29.9 Å². The highest BCUT2D eigenvalue weighted by Gasteiger charge is 2.14. The van der Waals surface area contributed by atoms with Crippen molar-refractivity contribution in [2.45, 2.75) is 25.7 Å². The van der Waals surface area contributed by atoms with Crippen LogP contribution in [0.25, 0.3) is 0 Å². The molecule has 0 unspecified atom stereocenters. The van der Waals surface area contributed by atoms with E-state index in [4.69, 9.17) is 5.73 Å². The molecule has 1 aliphatic rings. The van der Waals surface area contributed by atoms with Crippen molar-refractivity contribution in [3.8, 4) is 0 Å². The van der Waals surface area contributed by atoms with Crippen LogP contribution in [0.5, 0.6) is 0 Å². The SMILES string of the molecule is Cl.Cl.NCCC(=O)Nc1ccccc1N1CCCCC1. The number of amides is 1. The fourth-order valence-corrected chi connectivity index (χ4v) is 2.33. The molecule has 0 saturated carbocycles. The number of carbonyl (C=O) groups excluding carboxylic acids is 1. The van der Waals surface area contributed by atoms with E-state index in [2.05, 4.69) is 16.3 Å². The second kappa shape index (κ2) is 9.86. The van der Waals surface area contributed by atoms with Gasteiger partial charge in [0.25, 0.3) is 0 Å². The van der Waals surface area contributed by atoms with Crippen LogP contribution in [0.15, 0.2) is 24.3 Å². The van der Waals surface area contributed by atoms with E-state index in [1.54, 1.807) is 0 Å². The molecule has 1 aromatic carbocycles. The number of anilines is 2. The Morgan fingerprint density at radius 2 is 1.80 bits per heavy atom. The fourth-order valence-electron chi connectivity index (χ4n) is 2.33. The van der Waals surface area contributed by atoms with E-state index in [0.717, 1.165) is 24.5 Å². The van der Waals surface area contributed by atoms with Gasteiger partial charge in [-0.25, -0.2) is 0 Å². The maximum Gasteiger partial charge on any atom is 0.225 e. The molecule has 114 valence electrons. The molecule has 1 fully saturated rings. The predicted octanol–water partition coefficient (Wildman–Crippen LogP) is 2.81. The first-order valence-corrected chi connectivity index (χ1v) is 6.65. The van der Waals surface area contributed by atoms with Gasteiger partial charge in [0.15, 0.2) is 0 Å². The highest BCUT2D eigenvalue weighted by molar-refractivity contribution is 5.94. The Labute approximate surface area is 132 Å². The number of hydrogen-bond donors (Lipinski definition) is 2. The summed E-state index contributed by atoms with van der Waals surface area (Å²) in [6.45, 7) is 2.53. The third kappa shape index (κ3) is 5.19. The van der Waals surface area contributed by atoms with Gasteiger partial charge in [-0.2, -0.15) is 0 Å². The molecule has 1 amide bonds. The van der Waals surface area contributed by atoms with Crippen LogP contribution in [0.2, 0.25) is 0 Å². The topological polar surface area (TPSA) is 58.4 Å². The van der Waals surface area contributed by atoms with Gasteiger partial charge in [0, 0.05) is 26.1 Å². The predicted molar refractivity (Wildman–Crippen MR) is 89.3 cm³/mol. The Balaban J connectivity index is 0.00000180. The summed E-state index contributed by atoms with van der Waals surface area (Å²) >= 11 is 0. The standard InChI is InChI=1S/C14H21N3O.2ClH/c15-9-8-14(18)16-12-6-2-3-7-13(12)17-10-4-1-5-11-17;;/h2-3,6-7H,1,4-5,8-11,15H2,(H,16,18);2*1H. The molecule has 2 rings (SSSR count). The molecular formula is C14H23Cl2N3O. The van der Waals surface area contributed by atoms with Gasteiger partial charge in [-0.15, -0.1) is 24.8 Å². The highest BCUT2D eigenvalue weighted by atomic mass is 35.5. The van der Waals surface area contributed by atoms with Crippen LogP contribution in [-0.2, 0) is 4.79 Å². The van der Waals surface area contributed by atoms with E-state index in [1.165, 1.54) is 19.3 Å². The van der Waals surface area contributed by atoms with Crippen LogP contribution in [0.4, 0.5) is 11.4 Å². The first kappa shape index (κ1) is 19.0. The number of nitrogens with zero attached hydrogens (tertiary/aromatic N) is 1. The van der Waals surface area contributed by atoms with E-state index in [9.17, 15) is 4.79 Å². The first-order chi connectivity index (χ1) is 8.81. The van der Waals surface area contributed by atoms with E-state index in [-0.39, 0.29) is 30.7 Å². The zero-order valence-corrected chi connectivity index (χ0v) is 13.1. The van der Waals surface area contributed by atoms with Crippen LogP contribution >= 0.6 is 24.8 Å². The molecule has 0 spiro atoms. The molecule has 0 aromatic heterocycles. The minimum Gasteiger partial charge on any atom is -0.370 e. The molecule has 20 heavy (non-hydrogen) atoms. The van der Waals surface area contributed by atoms with Gasteiger partial charge in [-0.1, -0.05) is 12.1 Å². The number of piperidine rings is 1. The van der Waals surface area contributed by atoms with Crippen LogP contribution in [-0.4, -0.2) is 25.5 Å². The number of hydrogen-bond acceptors (Lipinski definition) is 3. The third-order valence-electron chi connectivity index (χ3n) is 3.25. The lowest BCUT2D eigenvalue weighted by molar-refractivity contribution is -0.116. The average Bonchev–Trinajstić information content (AvgIpc) is 2.40. The molecule has 0 aliphatic carbocycles. The van der Waals surface area contributed by atoms with Gasteiger partial charge >= 0.3 is 0 Å². The second-order valence-electron chi connectivity index (χ2n) is 4.65. The monoisotopic (exact) mass is 319 g/mol. The van der Waals surface area contributed by atoms with Gasteiger partial charge in [0.2, 0.25) is 5.91 Å². The summed E-state index contributed by atoms with van der Waals surface area (Å²) in [5.74, 6) is -0.0121. The number of halogens is 2. The average molecular weight is 320 g/mol. The Bertz CT molecular complexity index is 409. The lowest BCUT2D eigenvalue weighted by Crippen LogP contribution is -2.30. The lowest BCUT2D eigenvalue weighted by atomic mass is 10.1. The van der Waals surface area contributed by atoms with E-state index < -0.39 is 0 Å². The van der Waals surface area contributed by atoms with E-state index in [1.807, 2.05) is 18.2 Å². The maximum atomic E-state index is 11.6. The number of carbonyl (C=O) groups is 1. The van der Waals surface area contributed by atoms with Crippen LogP contribution in [0.1, 0.15) is 25.7 Å². The van der Waals surface area contributed by atoms with Crippen LogP contribution in [0.3, 0.4) is 0 Å². The number of nitrogens with two attached hydrogens (primary N) is 1. The van der Waals surface area contributed by atoms with Gasteiger partial charge in [0.05, 0.1) is 11.4 Å². The van der Waals surface area contributed by atoms with Crippen molar-refractivity contribution in [1.29, 1.82) is 0 Å². The molecule has 1 aromatic rings. The highest BCUT2D eigenvalue weighted by Crippen LogP contribution is 2.28. The molecule has 0 radical (unpaired) electrons. The molecule has 0 bridgehead atoms. The van der Waals surface area contributed by atoms with Crippen molar-refractivity contribution in [3.05, 3.63) is 24.3 Å². The molecule has 1 heterocycles. The van der Waals surface area contributed by atoms with Gasteiger partial charge in [-0.05, 0) is 31.4 Å². The molecular weight excluding hydrogens is 297 g/mol. The van der Waals surface area contributed by atoms with Gasteiger partial charge in [0.1, 0.15) is 0 Å². The number of nitrogens with one attached hydrogen (secondary N) is 1. The normalized spacial score (nSPS) is 13.9. The maximum absolute atomic E-state index is 11.6. The van der Waals surface area contributed by atoms with Gasteiger partial charge < -0.3 is 16.0 Å². The minimum atomic E-state index is -0.0121. The molecule has 0 atom stereocenters. The number of rotatable bonds is 4. The molecule has 6 heteroatoms. The number of para-hydroxylation sites is 2. The molecule has 1 saturated heterocycles. The summed E-state index contributed by atoms with van der Waals surface area (Å²) in [7, 11) is 0. The minimum absolute atomic E-state index is 0. The Morgan fingerprint density at radius 1 is 1.15 bits per heavy atom. The third-order valence-corrected chi connectivity index (χ3v) is 3.25. The molecule has 1 aliphatic heterocycles. The zero-order valence-electron chi connectivity index (χ0n) is 11.5. The second-order valence-corrected chi connectivity index (χ2v) is 4.65. The fraction of sp³-hybridized carbons (Fsp3) is 0.500. The summed E-state index contributed by atoms with van der Waals surface area (Å²) in [6, 6.07) is 8.00. The van der Waals surface area contributed by atoms with Crippen molar-refractivity contribution >= 4 is 42.1 Å². The summed E-state index contributed by atoms with van der Waals surface area (Å²) < 4.78 is 0. The molecule has 4 nitrogen and oxygen atoms in total. The van der Waals surface area contributed by atoms with Gasteiger partial charge in [-0.3, -0.25) is 4.79 Å². The molecule has 3 N–H and O–H groups in total. The summed E-state index contributed by atoms with van der Waals surface area (Å²) in [4.78, 5) is 14.0. The Hall–Kier alpha value is -0.970. The number of benzene rings is 1. The summed E-state index contributed by atoms with van der Waals surface area (Å²) in [5.41, 5.74) is 7.42. The lowest BCUT2D eigenvalue weighted by Gasteiger charge is -2.30. The largest absolute Gasteiger partial charge is 0.370 e. The quantitative estimate of drug-likeness (QED) is 0.897.